The van der Waals surface area contributed by atoms with Crippen molar-refractivity contribution in [3.05, 3.63) is 41.7 Å². The first-order valence-corrected chi connectivity index (χ1v) is 10.5. The fourth-order valence-corrected chi connectivity index (χ4v) is 5.02. The second-order valence-corrected chi connectivity index (χ2v) is 9.15. The Labute approximate surface area is 161 Å². The number of aryl methyl sites for hydroxylation is 2. The molecular formula is C19H27N5O2S. The van der Waals surface area contributed by atoms with Crippen molar-refractivity contribution in [2.45, 2.75) is 37.6 Å². The van der Waals surface area contributed by atoms with Crippen LogP contribution in [0.15, 0.2) is 35.5 Å². The Morgan fingerprint density at radius 3 is 2.48 bits per heavy atom. The summed E-state index contributed by atoms with van der Waals surface area (Å²) in [6, 6.07) is 7.67. The van der Waals surface area contributed by atoms with Crippen molar-refractivity contribution in [1.82, 2.24) is 14.3 Å². The normalized spacial score (nSPS) is 16.3. The molecule has 0 spiro atoms. The predicted octanol–water partition coefficient (Wildman–Crippen LogP) is 2.42. The maximum atomic E-state index is 13.0. The summed E-state index contributed by atoms with van der Waals surface area (Å²) in [6.45, 7) is 4.76. The molecule has 1 fully saturated rings. The monoisotopic (exact) mass is 389 g/mol. The number of rotatable bonds is 5. The molecule has 7 nitrogen and oxygen atoms in total. The van der Waals surface area contributed by atoms with Crippen LogP contribution < -0.4 is 10.2 Å². The van der Waals surface area contributed by atoms with E-state index in [0.717, 1.165) is 35.6 Å². The number of hydrogen-bond acceptors (Lipinski definition) is 6. The Hall–Kier alpha value is -2.19. The van der Waals surface area contributed by atoms with E-state index in [2.05, 4.69) is 15.3 Å². The molecule has 1 aromatic heterocycles. The Bertz CT molecular complexity index is 906. The van der Waals surface area contributed by atoms with Crippen molar-refractivity contribution in [1.29, 1.82) is 0 Å². The van der Waals surface area contributed by atoms with E-state index in [0.29, 0.717) is 18.0 Å². The van der Waals surface area contributed by atoms with Gasteiger partial charge in [-0.25, -0.2) is 18.4 Å². The van der Waals surface area contributed by atoms with Gasteiger partial charge in [-0.1, -0.05) is 12.1 Å². The number of piperidine rings is 1. The molecule has 0 amide bonds. The van der Waals surface area contributed by atoms with Crippen molar-refractivity contribution in [3.63, 3.8) is 0 Å². The summed E-state index contributed by atoms with van der Waals surface area (Å²) >= 11 is 0. The highest BCUT2D eigenvalue weighted by Gasteiger charge is 2.30. The van der Waals surface area contributed by atoms with Crippen LogP contribution >= 0.6 is 0 Å². The molecule has 0 aliphatic carbocycles. The molecule has 0 unspecified atom stereocenters. The van der Waals surface area contributed by atoms with Gasteiger partial charge >= 0.3 is 0 Å². The highest BCUT2D eigenvalue weighted by atomic mass is 32.2. The van der Waals surface area contributed by atoms with Gasteiger partial charge in [0.15, 0.2) is 0 Å². The molecule has 1 aliphatic heterocycles. The lowest BCUT2D eigenvalue weighted by Crippen LogP contribution is -2.42. The molecular weight excluding hydrogens is 362 g/mol. The van der Waals surface area contributed by atoms with Crippen LogP contribution in [0.1, 0.15) is 24.0 Å². The lowest BCUT2D eigenvalue weighted by atomic mass is 10.1. The summed E-state index contributed by atoms with van der Waals surface area (Å²) in [5, 5.41) is 3.41. The number of anilines is 2. The molecule has 2 heterocycles. The van der Waals surface area contributed by atoms with E-state index in [4.69, 9.17) is 0 Å². The first-order chi connectivity index (χ1) is 12.8. The third-order valence-electron chi connectivity index (χ3n) is 4.88. The molecule has 1 saturated heterocycles. The smallest absolute Gasteiger partial charge is 0.243 e. The van der Waals surface area contributed by atoms with Gasteiger partial charge in [-0.3, -0.25) is 0 Å². The third-order valence-corrected chi connectivity index (χ3v) is 6.92. The van der Waals surface area contributed by atoms with Crippen LogP contribution in [0, 0.1) is 13.8 Å². The van der Waals surface area contributed by atoms with Gasteiger partial charge in [-0.15, -0.1) is 0 Å². The molecule has 0 saturated carbocycles. The van der Waals surface area contributed by atoms with E-state index >= 15 is 0 Å². The molecule has 27 heavy (non-hydrogen) atoms. The van der Waals surface area contributed by atoms with Crippen LogP contribution in [0.4, 0.5) is 11.6 Å². The average Bonchev–Trinajstić information content (AvgIpc) is 2.64. The zero-order valence-electron chi connectivity index (χ0n) is 16.3. The van der Waals surface area contributed by atoms with Gasteiger partial charge in [0.05, 0.1) is 4.90 Å². The molecule has 1 N–H and O–H groups in total. The fraction of sp³-hybridized carbons (Fsp3) is 0.474. The highest BCUT2D eigenvalue weighted by Crippen LogP contribution is 2.25. The van der Waals surface area contributed by atoms with Gasteiger partial charge < -0.3 is 10.2 Å². The number of aromatic nitrogens is 2. The minimum Gasteiger partial charge on any atom is -0.367 e. The number of benzene rings is 1. The Kier molecular flexibility index (Phi) is 5.67. The summed E-state index contributed by atoms with van der Waals surface area (Å²) in [7, 11) is 0.410. The quantitative estimate of drug-likeness (QED) is 0.846. The van der Waals surface area contributed by atoms with Gasteiger partial charge in [0.25, 0.3) is 0 Å². The SMILES string of the molecule is Cc1ccc(C)c(S(=O)(=O)N2CCC(Nc3cc(N(C)C)ncn3)CC2)c1. The van der Waals surface area contributed by atoms with Crippen molar-refractivity contribution in [2.75, 3.05) is 37.4 Å². The van der Waals surface area contributed by atoms with Gasteiger partial charge in [0, 0.05) is 39.3 Å². The van der Waals surface area contributed by atoms with Gasteiger partial charge in [-0.2, -0.15) is 4.31 Å². The van der Waals surface area contributed by atoms with Crippen molar-refractivity contribution >= 4 is 21.7 Å². The first-order valence-electron chi connectivity index (χ1n) is 9.10. The van der Waals surface area contributed by atoms with Gasteiger partial charge in [0.1, 0.15) is 18.0 Å². The standard InChI is InChI=1S/C19H27N5O2S/c1-14-5-6-15(2)17(11-14)27(25,26)24-9-7-16(8-10-24)22-18-12-19(23(3)4)21-13-20-18/h5-6,11-13,16H,7-10H2,1-4H3,(H,20,21,22). The zero-order chi connectivity index (χ0) is 19.6. The van der Waals surface area contributed by atoms with Crippen LogP contribution in [0.2, 0.25) is 0 Å². The summed E-state index contributed by atoms with van der Waals surface area (Å²) in [5.74, 6) is 1.60. The number of sulfonamides is 1. The molecule has 2 aromatic rings. The molecule has 3 rings (SSSR count). The van der Waals surface area contributed by atoms with E-state index in [9.17, 15) is 8.42 Å². The zero-order valence-corrected chi connectivity index (χ0v) is 17.1. The summed E-state index contributed by atoms with van der Waals surface area (Å²) < 4.78 is 27.6. The van der Waals surface area contributed by atoms with E-state index in [-0.39, 0.29) is 6.04 Å². The van der Waals surface area contributed by atoms with Crippen LogP contribution in [-0.4, -0.2) is 55.9 Å². The number of nitrogens with one attached hydrogen (secondary N) is 1. The minimum atomic E-state index is -3.46. The van der Waals surface area contributed by atoms with Crippen molar-refractivity contribution < 1.29 is 8.42 Å². The highest BCUT2D eigenvalue weighted by molar-refractivity contribution is 7.89. The van der Waals surface area contributed by atoms with Crippen molar-refractivity contribution in [3.8, 4) is 0 Å². The van der Waals surface area contributed by atoms with E-state index in [1.54, 1.807) is 10.4 Å². The number of nitrogens with zero attached hydrogens (tertiary/aromatic N) is 4. The van der Waals surface area contributed by atoms with Crippen LogP contribution in [0.25, 0.3) is 0 Å². The van der Waals surface area contributed by atoms with Crippen LogP contribution in [0.5, 0.6) is 0 Å². The van der Waals surface area contributed by atoms with E-state index < -0.39 is 10.0 Å². The average molecular weight is 390 g/mol. The molecule has 8 heteroatoms. The lowest BCUT2D eigenvalue weighted by molar-refractivity contribution is 0.329. The van der Waals surface area contributed by atoms with Crippen LogP contribution in [0.3, 0.4) is 0 Å². The van der Waals surface area contributed by atoms with E-state index in [1.807, 2.05) is 51.0 Å². The first kappa shape index (κ1) is 19.6. The minimum absolute atomic E-state index is 0.194. The Balaban J connectivity index is 1.66. The topological polar surface area (TPSA) is 78.4 Å². The molecule has 1 aromatic carbocycles. The van der Waals surface area contributed by atoms with Gasteiger partial charge in [-0.05, 0) is 43.9 Å². The molecule has 146 valence electrons. The summed E-state index contributed by atoms with van der Waals surface area (Å²) in [6.07, 6.45) is 3.02. The molecule has 1 aliphatic rings. The van der Waals surface area contributed by atoms with Crippen LogP contribution in [-0.2, 0) is 10.0 Å². The predicted molar refractivity (Wildman–Crippen MR) is 108 cm³/mol. The maximum absolute atomic E-state index is 13.0. The fourth-order valence-electron chi connectivity index (χ4n) is 3.24. The summed E-state index contributed by atoms with van der Waals surface area (Å²) in [4.78, 5) is 10.8. The molecule has 0 radical (unpaired) electrons. The number of hydrogen-bond donors (Lipinski definition) is 1. The van der Waals surface area contributed by atoms with Crippen molar-refractivity contribution in [2.24, 2.45) is 0 Å². The third kappa shape index (κ3) is 4.39. The lowest BCUT2D eigenvalue weighted by Gasteiger charge is -2.32. The molecule has 0 bridgehead atoms. The molecule has 0 atom stereocenters. The largest absolute Gasteiger partial charge is 0.367 e. The Morgan fingerprint density at radius 1 is 1.11 bits per heavy atom. The second-order valence-electron chi connectivity index (χ2n) is 7.25. The maximum Gasteiger partial charge on any atom is 0.243 e. The van der Waals surface area contributed by atoms with E-state index in [1.165, 1.54) is 6.33 Å². The summed E-state index contributed by atoms with van der Waals surface area (Å²) in [5.41, 5.74) is 1.74. The second kappa shape index (κ2) is 7.82. The van der Waals surface area contributed by atoms with Gasteiger partial charge in [0.2, 0.25) is 10.0 Å². The Morgan fingerprint density at radius 2 is 1.81 bits per heavy atom.